The molecule has 1 aliphatic carbocycles. The summed E-state index contributed by atoms with van der Waals surface area (Å²) >= 11 is 0. The maximum Gasteiger partial charge on any atom is 0.0193 e. The van der Waals surface area contributed by atoms with Crippen LogP contribution < -0.4 is 5.32 Å². The van der Waals surface area contributed by atoms with Gasteiger partial charge in [0.15, 0.2) is 0 Å². The van der Waals surface area contributed by atoms with Crippen LogP contribution in [0.1, 0.15) is 46.0 Å². The molecule has 0 spiro atoms. The molecule has 2 atom stereocenters. The zero-order valence-corrected chi connectivity index (χ0v) is 10.3. The van der Waals surface area contributed by atoms with Gasteiger partial charge in [-0.25, -0.2) is 0 Å². The number of hydrogen-bond acceptors (Lipinski definition) is 2. The molecule has 0 aromatic heterocycles. The largest absolute Gasteiger partial charge is 0.311 e. The molecule has 2 aliphatic rings. The molecule has 2 nitrogen and oxygen atoms in total. The smallest absolute Gasteiger partial charge is 0.0193 e. The molecular weight excluding hydrogens is 184 g/mol. The lowest BCUT2D eigenvalue weighted by atomic mass is 9.83. The van der Waals surface area contributed by atoms with Crippen molar-refractivity contribution in [3.63, 3.8) is 0 Å². The summed E-state index contributed by atoms with van der Waals surface area (Å²) in [5.74, 6) is 1.06. The van der Waals surface area contributed by atoms with Crippen molar-refractivity contribution in [1.29, 1.82) is 0 Å². The van der Waals surface area contributed by atoms with Gasteiger partial charge in [-0.05, 0) is 32.2 Å². The lowest BCUT2D eigenvalue weighted by molar-refractivity contribution is 0.121. The monoisotopic (exact) mass is 210 g/mol. The Morgan fingerprint density at radius 1 is 1.33 bits per heavy atom. The van der Waals surface area contributed by atoms with Crippen molar-refractivity contribution in [2.75, 3.05) is 19.6 Å². The number of rotatable bonds is 4. The Labute approximate surface area is 94.4 Å². The highest BCUT2D eigenvalue weighted by molar-refractivity contribution is 4.84. The van der Waals surface area contributed by atoms with E-state index in [1.54, 1.807) is 0 Å². The minimum absolute atomic E-state index is 0.739. The highest BCUT2D eigenvalue weighted by atomic mass is 15.2. The molecule has 2 rings (SSSR count). The van der Waals surface area contributed by atoms with Gasteiger partial charge in [-0.1, -0.05) is 26.2 Å². The first kappa shape index (κ1) is 11.4. The van der Waals surface area contributed by atoms with Crippen molar-refractivity contribution >= 4 is 0 Å². The number of nitrogens with zero attached hydrogens (tertiary/aromatic N) is 1. The van der Waals surface area contributed by atoms with Gasteiger partial charge >= 0.3 is 0 Å². The molecule has 1 saturated heterocycles. The van der Waals surface area contributed by atoms with Crippen molar-refractivity contribution in [3.05, 3.63) is 0 Å². The molecule has 1 heterocycles. The van der Waals surface area contributed by atoms with Gasteiger partial charge in [0.25, 0.3) is 0 Å². The molecule has 0 radical (unpaired) electrons. The van der Waals surface area contributed by atoms with Crippen molar-refractivity contribution < 1.29 is 0 Å². The van der Waals surface area contributed by atoms with Gasteiger partial charge in [0, 0.05) is 25.2 Å². The molecule has 2 fully saturated rings. The fraction of sp³-hybridized carbons (Fsp3) is 1.00. The first-order chi connectivity index (χ1) is 7.29. The number of nitrogens with one attached hydrogen (secondary N) is 1. The van der Waals surface area contributed by atoms with E-state index in [9.17, 15) is 0 Å². The van der Waals surface area contributed by atoms with Gasteiger partial charge in [-0.3, -0.25) is 4.90 Å². The summed E-state index contributed by atoms with van der Waals surface area (Å²) in [7, 11) is 0. The molecule has 2 unspecified atom stereocenters. The Morgan fingerprint density at radius 2 is 2.13 bits per heavy atom. The minimum Gasteiger partial charge on any atom is -0.311 e. The second-order valence-electron chi connectivity index (χ2n) is 5.44. The highest BCUT2D eigenvalue weighted by Crippen LogP contribution is 2.29. The maximum absolute atomic E-state index is 3.62. The zero-order chi connectivity index (χ0) is 10.7. The Hall–Kier alpha value is -0.0800. The van der Waals surface area contributed by atoms with Crippen LogP contribution in [0, 0.1) is 5.92 Å². The van der Waals surface area contributed by atoms with E-state index in [2.05, 4.69) is 24.1 Å². The number of hydrogen-bond donors (Lipinski definition) is 1. The van der Waals surface area contributed by atoms with Crippen LogP contribution in [0.15, 0.2) is 0 Å². The van der Waals surface area contributed by atoms with Crippen LogP contribution in [0.5, 0.6) is 0 Å². The molecule has 0 aromatic rings. The van der Waals surface area contributed by atoms with E-state index in [0.717, 1.165) is 18.0 Å². The minimum atomic E-state index is 0.739. The van der Waals surface area contributed by atoms with Crippen LogP contribution in [0.2, 0.25) is 0 Å². The molecule has 0 aromatic carbocycles. The lowest BCUT2D eigenvalue weighted by Crippen LogP contribution is -2.55. The average Bonchev–Trinajstić information content (AvgIpc) is 2.18. The van der Waals surface area contributed by atoms with E-state index in [-0.39, 0.29) is 0 Å². The second kappa shape index (κ2) is 5.31. The van der Waals surface area contributed by atoms with Crippen molar-refractivity contribution in [1.82, 2.24) is 10.2 Å². The highest BCUT2D eigenvalue weighted by Gasteiger charge is 2.25. The number of piperazine rings is 1. The average molecular weight is 210 g/mol. The summed E-state index contributed by atoms with van der Waals surface area (Å²) in [4.78, 5) is 2.70. The summed E-state index contributed by atoms with van der Waals surface area (Å²) in [5.41, 5.74) is 0. The van der Waals surface area contributed by atoms with Crippen molar-refractivity contribution in [3.8, 4) is 0 Å². The van der Waals surface area contributed by atoms with Crippen LogP contribution in [-0.4, -0.2) is 36.6 Å². The van der Waals surface area contributed by atoms with Gasteiger partial charge in [0.2, 0.25) is 0 Å². The Balaban J connectivity index is 1.72. The van der Waals surface area contributed by atoms with E-state index >= 15 is 0 Å². The van der Waals surface area contributed by atoms with E-state index < -0.39 is 0 Å². The molecule has 1 N–H and O–H groups in total. The third kappa shape index (κ3) is 2.94. The fourth-order valence-corrected chi connectivity index (χ4v) is 2.71. The molecule has 1 aliphatic heterocycles. The van der Waals surface area contributed by atoms with Crippen LogP contribution in [-0.2, 0) is 0 Å². The molecule has 88 valence electrons. The Bertz CT molecular complexity index is 189. The first-order valence-corrected chi connectivity index (χ1v) is 6.77. The third-order valence-corrected chi connectivity index (χ3v) is 4.32. The standard InChI is InChI=1S/C13H26N2/c1-3-13-10-15(11(2)9-14-13)8-7-12-5-4-6-12/h11-14H,3-10H2,1-2H3. The van der Waals surface area contributed by atoms with Crippen LogP contribution >= 0.6 is 0 Å². The van der Waals surface area contributed by atoms with E-state index in [1.165, 1.54) is 51.7 Å². The molecule has 15 heavy (non-hydrogen) atoms. The maximum atomic E-state index is 3.62. The molecule has 2 heteroatoms. The van der Waals surface area contributed by atoms with Gasteiger partial charge in [0.05, 0.1) is 0 Å². The van der Waals surface area contributed by atoms with Crippen LogP contribution in [0.25, 0.3) is 0 Å². The first-order valence-electron chi connectivity index (χ1n) is 6.77. The summed E-state index contributed by atoms with van der Waals surface area (Å²) in [6, 6.07) is 1.48. The normalized spacial score (nSPS) is 34.0. The second-order valence-corrected chi connectivity index (χ2v) is 5.44. The lowest BCUT2D eigenvalue weighted by Gasteiger charge is -2.40. The molecule has 0 amide bonds. The predicted octanol–water partition coefficient (Wildman–Crippen LogP) is 2.25. The quantitative estimate of drug-likeness (QED) is 0.765. The fourth-order valence-electron chi connectivity index (χ4n) is 2.71. The van der Waals surface area contributed by atoms with E-state index in [4.69, 9.17) is 0 Å². The van der Waals surface area contributed by atoms with E-state index in [1.807, 2.05) is 0 Å². The Kier molecular flexibility index (Phi) is 4.04. The zero-order valence-electron chi connectivity index (χ0n) is 10.3. The van der Waals surface area contributed by atoms with Crippen molar-refractivity contribution in [2.24, 2.45) is 5.92 Å². The van der Waals surface area contributed by atoms with Gasteiger partial charge < -0.3 is 5.32 Å². The van der Waals surface area contributed by atoms with Gasteiger partial charge in [-0.2, -0.15) is 0 Å². The third-order valence-electron chi connectivity index (χ3n) is 4.32. The topological polar surface area (TPSA) is 15.3 Å². The molecule has 0 bridgehead atoms. The summed E-state index contributed by atoms with van der Waals surface area (Å²) in [6.07, 6.45) is 7.20. The summed E-state index contributed by atoms with van der Waals surface area (Å²) in [5, 5.41) is 3.62. The SMILES string of the molecule is CCC1CN(CCC2CCC2)C(C)CN1. The summed E-state index contributed by atoms with van der Waals surface area (Å²) in [6.45, 7) is 8.44. The predicted molar refractivity (Wildman–Crippen MR) is 65.1 cm³/mol. The molecule has 1 saturated carbocycles. The molecular formula is C13H26N2. The van der Waals surface area contributed by atoms with Crippen LogP contribution in [0.4, 0.5) is 0 Å². The Morgan fingerprint density at radius 3 is 2.73 bits per heavy atom. The summed E-state index contributed by atoms with van der Waals surface area (Å²) < 4.78 is 0. The van der Waals surface area contributed by atoms with Gasteiger partial charge in [0.1, 0.15) is 0 Å². The van der Waals surface area contributed by atoms with E-state index in [0.29, 0.717) is 0 Å². The van der Waals surface area contributed by atoms with Crippen LogP contribution in [0.3, 0.4) is 0 Å². The van der Waals surface area contributed by atoms with Crippen molar-refractivity contribution in [2.45, 2.75) is 58.0 Å². The van der Waals surface area contributed by atoms with Gasteiger partial charge in [-0.15, -0.1) is 0 Å².